The van der Waals surface area contributed by atoms with Gasteiger partial charge in [0.1, 0.15) is 4.21 Å². The molecule has 38 heavy (non-hydrogen) atoms. The van der Waals surface area contributed by atoms with Gasteiger partial charge in [-0.15, -0.1) is 21.5 Å². The van der Waals surface area contributed by atoms with E-state index in [-0.39, 0.29) is 31.5 Å². The minimum atomic E-state index is -3.52. The van der Waals surface area contributed by atoms with Crippen LogP contribution in [-0.2, 0) is 14.8 Å². The summed E-state index contributed by atoms with van der Waals surface area (Å²) in [5.74, 6) is 2.04. The quantitative estimate of drug-likeness (QED) is 0.312. The first-order valence-electron chi connectivity index (χ1n) is 11.9. The minimum Gasteiger partial charge on any atom is -0.454 e. The van der Waals surface area contributed by atoms with Crippen LogP contribution in [0.3, 0.4) is 0 Å². The van der Waals surface area contributed by atoms with Crippen LogP contribution in [0.4, 0.5) is 0 Å². The van der Waals surface area contributed by atoms with Crippen LogP contribution >= 0.6 is 23.1 Å². The Morgan fingerprint density at radius 1 is 0.947 bits per heavy atom. The number of piperazine rings is 1. The number of ether oxygens (including phenoxy) is 2. The van der Waals surface area contributed by atoms with Crippen molar-refractivity contribution < 1.29 is 22.7 Å². The van der Waals surface area contributed by atoms with Crippen molar-refractivity contribution in [2.45, 2.75) is 9.37 Å². The summed E-state index contributed by atoms with van der Waals surface area (Å²) in [7, 11) is -3.52. The number of carbonyl (C=O) groups is 1. The van der Waals surface area contributed by atoms with Crippen LogP contribution in [0.25, 0.3) is 17.1 Å². The maximum atomic E-state index is 13.1. The molecule has 0 unspecified atom stereocenters. The molecular weight excluding hydrogens is 547 g/mol. The normalized spacial score (nSPS) is 15.6. The summed E-state index contributed by atoms with van der Waals surface area (Å²) >= 11 is 2.50. The molecule has 4 aromatic rings. The van der Waals surface area contributed by atoms with Gasteiger partial charge < -0.3 is 14.4 Å². The number of fused-ring (bicyclic) bond motifs is 1. The lowest BCUT2D eigenvalue weighted by Crippen LogP contribution is -2.50. The smallest absolute Gasteiger partial charge is 0.252 e. The van der Waals surface area contributed by atoms with Crippen molar-refractivity contribution in [2.75, 3.05) is 38.7 Å². The average molecular weight is 570 g/mol. The van der Waals surface area contributed by atoms with E-state index in [4.69, 9.17) is 9.47 Å². The van der Waals surface area contributed by atoms with Crippen molar-refractivity contribution in [3.8, 4) is 28.6 Å². The topological polar surface area (TPSA) is 107 Å². The van der Waals surface area contributed by atoms with Gasteiger partial charge in [-0.25, -0.2) is 8.42 Å². The second-order valence-electron chi connectivity index (χ2n) is 8.55. The number of amides is 1. The van der Waals surface area contributed by atoms with Gasteiger partial charge in [0.25, 0.3) is 10.0 Å². The lowest BCUT2D eigenvalue weighted by Gasteiger charge is -2.33. The Bertz CT molecular complexity index is 1550. The first-order chi connectivity index (χ1) is 18.5. The lowest BCUT2D eigenvalue weighted by atomic mass is 10.2. The third-order valence-corrected chi connectivity index (χ3v) is 10.5. The highest BCUT2D eigenvalue weighted by atomic mass is 32.2. The summed E-state index contributed by atoms with van der Waals surface area (Å²) in [4.78, 5) is 14.8. The molecule has 0 saturated carbocycles. The molecule has 2 aromatic heterocycles. The molecule has 0 radical (unpaired) electrons. The van der Waals surface area contributed by atoms with Gasteiger partial charge in [0.2, 0.25) is 12.7 Å². The van der Waals surface area contributed by atoms with E-state index in [9.17, 15) is 13.2 Å². The zero-order valence-electron chi connectivity index (χ0n) is 20.1. The van der Waals surface area contributed by atoms with Crippen molar-refractivity contribution in [3.05, 3.63) is 66.0 Å². The minimum absolute atomic E-state index is 0.0737. The maximum Gasteiger partial charge on any atom is 0.252 e. The number of thiophene rings is 1. The first kappa shape index (κ1) is 24.9. The molecule has 0 bridgehead atoms. The van der Waals surface area contributed by atoms with Crippen LogP contribution in [0.1, 0.15) is 0 Å². The van der Waals surface area contributed by atoms with E-state index in [2.05, 4.69) is 10.2 Å². The molecule has 10 nitrogen and oxygen atoms in total. The number of aromatic nitrogens is 3. The van der Waals surface area contributed by atoms with Gasteiger partial charge in [0.15, 0.2) is 22.5 Å². The van der Waals surface area contributed by atoms with E-state index in [0.29, 0.717) is 39.8 Å². The lowest BCUT2D eigenvalue weighted by molar-refractivity contribution is -0.129. The van der Waals surface area contributed by atoms with Gasteiger partial charge in [0, 0.05) is 37.4 Å². The van der Waals surface area contributed by atoms with Gasteiger partial charge in [-0.2, -0.15) is 4.31 Å². The molecule has 2 aliphatic rings. The zero-order valence-corrected chi connectivity index (χ0v) is 22.5. The summed E-state index contributed by atoms with van der Waals surface area (Å²) < 4.78 is 40.2. The maximum absolute atomic E-state index is 13.1. The molecule has 196 valence electrons. The first-order valence-corrected chi connectivity index (χ1v) is 15.2. The molecular formula is C25H23N5O5S3. The number of sulfonamides is 1. The van der Waals surface area contributed by atoms with Gasteiger partial charge >= 0.3 is 0 Å². The largest absolute Gasteiger partial charge is 0.454 e. The summed E-state index contributed by atoms with van der Waals surface area (Å²) in [6.45, 7) is 1.41. The number of nitrogens with zero attached hydrogens (tertiary/aromatic N) is 5. The second-order valence-corrected chi connectivity index (χ2v) is 12.6. The Balaban J connectivity index is 1.17. The summed E-state index contributed by atoms with van der Waals surface area (Å²) in [5.41, 5.74) is 1.68. The number of benzene rings is 2. The molecule has 0 aliphatic carbocycles. The second kappa shape index (κ2) is 10.4. The Morgan fingerprint density at radius 3 is 2.50 bits per heavy atom. The molecule has 1 amide bonds. The van der Waals surface area contributed by atoms with Crippen LogP contribution in [0.5, 0.6) is 11.5 Å². The Morgan fingerprint density at radius 2 is 1.74 bits per heavy atom. The number of carbonyl (C=O) groups excluding carboxylic acids is 1. The van der Waals surface area contributed by atoms with Crippen molar-refractivity contribution >= 4 is 39.0 Å². The predicted octanol–water partition coefficient (Wildman–Crippen LogP) is 3.35. The van der Waals surface area contributed by atoms with Gasteiger partial charge in [-0.3, -0.25) is 9.36 Å². The summed E-state index contributed by atoms with van der Waals surface area (Å²) in [6.07, 6.45) is 0. The molecule has 4 heterocycles. The van der Waals surface area contributed by atoms with Crippen LogP contribution in [0.15, 0.2) is 75.4 Å². The van der Waals surface area contributed by atoms with Gasteiger partial charge in [-0.05, 0) is 41.8 Å². The molecule has 6 rings (SSSR count). The highest BCUT2D eigenvalue weighted by molar-refractivity contribution is 7.99. The van der Waals surface area contributed by atoms with Crippen LogP contribution in [0, 0.1) is 0 Å². The molecule has 2 aliphatic heterocycles. The third kappa shape index (κ3) is 4.77. The van der Waals surface area contributed by atoms with E-state index in [1.54, 1.807) is 22.4 Å². The summed E-state index contributed by atoms with van der Waals surface area (Å²) in [6, 6.07) is 18.7. The van der Waals surface area contributed by atoms with Gasteiger partial charge in [-0.1, -0.05) is 36.0 Å². The third-order valence-electron chi connectivity index (χ3n) is 6.28. The molecule has 1 fully saturated rings. The molecule has 0 atom stereocenters. The van der Waals surface area contributed by atoms with Crippen LogP contribution in [0.2, 0.25) is 0 Å². The van der Waals surface area contributed by atoms with E-state index in [1.165, 1.54) is 27.4 Å². The molecule has 0 spiro atoms. The van der Waals surface area contributed by atoms with Crippen molar-refractivity contribution in [1.29, 1.82) is 0 Å². The Labute approximate surface area is 227 Å². The Kier molecular flexibility index (Phi) is 6.82. The number of hydrogen-bond donors (Lipinski definition) is 0. The summed E-state index contributed by atoms with van der Waals surface area (Å²) in [5, 5.41) is 11.2. The van der Waals surface area contributed by atoms with Crippen molar-refractivity contribution in [3.63, 3.8) is 0 Å². The number of rotatable bonds is 7. The molecule has 1 saturated heterocycles. The number of para-hydroxylation sites is 1. The van der Waals surface area contributed by atoms with Crippen molar-refractivity contribution in [1.82, 2.24) is 24.0 Å². The van der Waals surface area contributed by atoms with Gasteiger partial charge in [0.05, 0.1) is 5.75 Å². The molecule has 0 N–H and O–H groups in total. The van der Waals surface area contributed by atoms with Crippen LogP contribution < -0.4 is 9.47 Å². The van der Waals surface area contributed by atoms with E-state index >= 15 is 0 Å². The van der Waals surface area contributed by atoms with Crippen LogP contribution in [-0.4, -0.2) is 77.0 Å². The predicted molar refractivity (Wildman–Crippen MR) is 143 cm³/mol. The molecule has 2 aromatic carbocycles. The van der Waals surface area contributed by atoms with E-state index in [0.717, 1.165) is 11.3 Å². The highest BCUT2D eigenvalue weighted by Crippen LogP contribution is 2.37. The van der Waals surface area contributed by atoms with E-state index in [1.807, 2.05) is 53.1 Å². The fourth-order valence-electron chi connectivity index (χ4n) is 4.33. The fourth-order valence-corrected chi connectivity index (χ4v) is 7.75. The van der Waals surface area contributed by atoms with Crippen molar-refractivity contribution in [2.24, 2.45) is 0 Å². The standard InChI is InChI=1S/C25H23N5O5S3/c31-22(28-10-12-29(13-11-28)38(32,33)23-7-4-14-36-23)16-37-25-27-26-24(30(25)19-5-2-1-3-6-19)18-8-9-20-21(15-18)35-17-34-20/h1-9,14-15H,10-13,16-17H2. The number of thioether (sulfide) groups is 1. The SMILES string of the molecule is O=C(CSc1nnc(-c2ccc3c(c2)OCO3)n1-c1ccccc1)N1CCN(S(=O)(=O)c2cccs2)CC1. The molecule has 13 heteroatoms. The highest BCUT2D eigenvalue weighted by Gasteiger charge is 2.31. The monoisotopic (exact) mass is 569 g/mol. The average Bonchev–Trinajstić information content (AvgIpc) is 3.73. The van der Waals surface area contributed by atoms with E-state index < -0.39 is 10.0 Å². The fraction of sp³-hybridized carbons (Fsp3) is 0.240. The zero-order chi connectivity index (χ0) is 26.1. The Hall–Kier alpha value is -3.39. The number of hydrogen-bond acceptors (Lipinski definition) is 9.